The zero-order chi connectivity index (χ0) is 46.0. The molecule has 0 fully saturated rings. The van der Waals surface area contributed by atoms with Gasteiger partial charge in [0.05, 0.1) is 73.1 Å². The van der Waals surface area contributed by atoms with Gasteiger partial charge in [-0.15, -0.1) is 18.9 Å². The van der Waals surface area contributed by atoms with Crippen molar-refractivity contribution in [3.05, 3.63) is 12.7 Å². The van der Waals surface area contributed by atoms with Crippen molar-refractivity contribution in [3.63, 3.8) is 0 Å². The Kier molecular flexibility index (Phi) is 30.9. The van der Waals surface area contributed by atoms with Crippen LogP contribution in [0.2, 0.25) is 0 Å². The van der Waals surface area contributed by atoms with Crippen LogP contribution in [0, 0.1) is 0 Å². The third-order valence-corrected chi connectivity index (χ3v) is 16.4. The van der Waals surface area contributed by atoms with Crippen molar-refractivity contribution < 1.29 is 62.2 Å². The molecule has 4 aromatic rings. The number of nitrogens with zero attached hydrogens (tertiary/aromatic N) is 8. The molecular weight excluding hydrogens is 987 g/mol. The number of aliphatic hydroxyl groups excluding tert-OH is 3. The van der Waals surface area contributed by atoms with Gasteiger partial charge in [0.1, 0.15) is 12.7 Å². The maximum Gasteiger partial charge on any atom is 0.356 e. The number of ether oxygens (including phenoxy) is 4. The Bertz CT molecular complexity index is 2020. The number of fused-ring (bicyclic) bond motifs is 2. The molecule has 0 aliphatic heterocycles. The van der Waals surface area contributed by atoms with E-state index in [0.717, 1.165) is 5.75 Å². The highest BCUT2D eigenvalue weighted by Gasteiger charge is 2.26. The van der Waals surface area contributed by atoms with E-state index in [4.69, 9.17) is 86.9 Å². The predicted molar refractivity (Wildman–Crippen MR) is 258 cm³/mol. The summed E-state index contributed by atoms with van der Waals surface area (Å²) >= 11 is 10.5. The lowest BCUT2D eigenvalue weighted by Gasteiger charge is -2.19. The fourth-order valence-electron chi connectivity index (χ4n) is 4.46. The van der Waals surface area contributed by atoms with E-state index in [9.17, 15) is 9.13 Å². The van der Waals surface area contributed by atoms with E-state index in [1.54, 1.807) is 26.3 Å². The maximum absolute atomic E-state index is 13.2. The highest BCUT2D eigenvalue weighted by Crippen LogP contribution is 2.48. The molecule has 2 unspecified atom stereocenters. The smallest absolute Gasteiger partial charge is 0.356 e. The van der Waals surface area contributed by atoms with Gasteiger partial charge in [-0.25, -0.2) is 9.97 Å². The number of nitrogen functional groups attached to an aromatic ring is 2. The molecule has 362 valence electrons. The first-order valence-corrected chi connectivity index (χ1v) is 29.5. The van der Waals surface area contributed by atoms with Crippen molar-refractivity contribution in [3.8, 4) is 11.8 Å². The summed E-state index contributed by atoms with van der Waals surface area (Å²) in [7, 11) is -2.15. The predicted octanol–water partition coefficient (Wildman–Crippen LogP) is 1.74. The molecule has 4 aromatic heterocycles. The molecule has 0 spiro atoms. The van der Waals surface area contributed by atoms with E-state index in [1.165, 1.54) is 32.7 Å². The number of nitrogens with two attached hydrogens (primary N) is 2. The van der Waals surface area contributed by atoms with E-state index < -0.39 is 40.4 Å². The number of hydrogen-bond acceptors (Lipinski definition) is 23. The Hall–Kier alpha value is -1.76. The van der Waals surface area contributed by atoms with Gasteiger partial charge < -0.3 is 73.7 Å². The van der Waals surface area contributed by atoms with Crippen molar-refractivity contribution in [2.75, 3.05) is 119 Å². The van der Waals surface area contributed by atoms with E-state index >= 15 is 0 Å². The van der Waals surface area contributed by atoms with Crippen LogP contribution in [0.1, 0.15) is 20.8 Å². The Labute approximate surface area is 388 Å². The highest BCUT2D eigenvalue weighted by molar-refractivity contribution is 8.76. The molecule has 4 heterocycles. The second-order valence-corrected chi connectivity index (χ2v) is 24.4. The molecule has 31 heteroatoms. The molecular formula is C32H60N10O13P2S6. The molecule has 0 aromatic carbocycles. The fraction of sp³-hybridized carbons (Fsp3) is 0.688. The third-order valence-electron chi connectivity index (χ3n) is 7.13. The largest absolute Gasteiger partial charge is 0.479 e. The molecule has 0 aliphatic carbocycles. The first-order chi connectivity index (χ1) is 29.6. The molecule has 0 saturated heterocycles. The minimum absolute atomic E-state index is 0. The van der Waals surface area contributed by atoms with Crippen molar-refractivity contribution in [1.29, 1.82) is 0 Å². The molecule has 9 N–H and O–H groups in total. The summed E-state index contributed by atoms with van der Waals surface area (Å²) in [6.07, 6.45) is 3.41. The standard InChI is InChI=1S/C17H30N5O7PS4.C9H14N5O5P.C5H12OS2.CH4/c1-26-16-14-15(20-17(18)21-16)22(12-19-14)2-5-27-13-30(25,28-6-10-33(31)8-3-23)29-7-11-34(32)9-4-24;1-18-8-6-7(12-9(10)13-8)14(4-11-6)2-3-19-5-20(15,16)17;1-2-4-7-8-5-3-6;/h12,23-24H,2-11,13H2,1H3,(H2,18,20,21);4H,2-3,5H2,1H3,(H2,10,12,13)(H2,15,16,17);6H,2-5H2,1H3;1H4. The van der Waals surface area contributed by atoms with Crippen LogP contribution in [-0.2, 0) is 82.0 Å². The molecule has 0 saturated carbocycles. The Morgan fingerprint density at radius 1 is 0.698 bits per heavy atom. The summed E-state index contributed by atoms with van der Waals surface area (Å²) in [6, 6.07) is 0. The van der Waals surface area contributed by atoms with Gasteiger partial charge in [0.15, 0.2) is 22.3 Å². The van der Waals surface area contributed by atoms with E-state index in [2.05, 4.69) is 36.8 Å². The molecule has 0 bridgehead atoms. The Morgan fingerprint density at radius 3 is 1.54 bits per heavy atom. The van der Waals surface area contributed by atoms with Crippen LogP contribution in [0.4, 0.5) is 11.9 Å². The van der Waals surface area contributed by atoms with Crippen LogP contribution in [0.5, 0.6) is 11.8 Å². The molecule has 23 nitrogen and oxygen atoms in total. The van der Waals surface area contributed by atoms with Gasteiger partial charge in [0.25, 0.3) is 0 Å². The van der Waals surface area contributed by atoms with E-state index in [1.807, 2.05) is 10.8 Å². The fourth-order valence-corrected chi connectivity index (χ4v) is 10.5. The lowest BCUT2D eigenvalue weighted by Crippen LogP contribution is -2.15. The lowest BCUT2D eigenvalue weighted by atomic mass is 10.5. The second-order valence-electron chi connectivity index (χ2n) is 11.9. The number of aromatic nitrogens is 8. The third kappa shape index (κ3) is 23.5. The zero-order valence-electron chi connectivity index (χ0n) is 34.5. The highest BCUT2D eigenvalue weighted by atomic mass is 33.1. The van der Waals surface area contributed by atoms with Crippen LogP contribution in [-0.4, -0.2) is 172 Å². The SMILES string of the molecule is C.CCCSSCCO.COc1nc(N)nc2c1ncn2CCOCP(=O)(O)O.COc1nc(N)nc2c1ncn2CCOCP(=O)(OCCS(=S)CCO)OCCS(=S)CCO. The van der Waals surface area contributed by atoms with Crippen molar-refractivity contribution in [2.45, 2.75) is 33.9 Å². The first-order valence-electron chi connectivity index (χ1n) is 18.5. The van der Waals surface area contributed by atoms with E-state index in [-0.39, 0.29) is 77.1 Å². The normalized spacial score (nSPS) is 13.3. The number of anilines is 2. The minimum atomic E-state index is -4.15. The van der Waals surface area contributed by atoms with Crippen LogP contribution in [0.3, 0.4) is 0 Å². The summed E-state index contributed by atoms with van der Waals surface area (Å²) in [5.41, 5.74) is 13.2. The molecule has 2 atom stereocenters. The average molecular weight is 1050 g/mol. The quantitative estimate of drug-likeness (QED) is 0.0231. The number of aliphatic hydroxyl groups is 3. The number of imidazole rings is 2. The maximum atomic E-state index is 13.2. The topological polar surface area (TPSA) is 330 Å². The average Bonchev–Trinajstić information content (AvgIpc) is 3.83. The minimum Gasteiger partial charge on any atom is -0.479 e. The second kappa shape index (κ2) is 32.8. The van der Waals surface area contributed by atoms with Gasteiger partial charge in [-0.3, -0.25) is 9.13 Å². The van der Waals surface area contributed by atoms with Gasteiger partial charge in [0, 0.05) is 47.6 Å². The van der Waals surface area contributed by atoms with Crippen molar-refractivity contribution in [1.82, 2.24) is 39.0 Å². The molecule has 0 aliphatic rings. The molecule has 4 rings (SSSR count). The Balaban J connectivity index is 0.000000574. The molecule has 0 amide bonds. The van der Waals surface area contributed by atoms with Gasteiger partial charge in [-0.1, -0.05) is 58.3 Å². The zero-order valence-corrected chi connectivity index (χ0v) is 41.1. The Morgan fingerprint density at radius 2 is 1.14 bits per heavy atom. The van der Waals surface area contributed by atoms with E-state index in [0.29, 0.717) is 65.0 Å². The van der Waals surface area contributed by atoms with Crippen LogP contribution in [0.15, 0.2) is 12.7 Å². The molecule has 63 heavy (non-hydrogen) atoms. The van der Waals surface area contributed by atoms with Gasteiger partial charge in [-0.05, 0) is 6.42 Å². The lowest BCUT2D eigenvalue weighted by molar-refractivity contribution is 0.128. The first kappa shape index (κ1) is 59.3. The summed E-state index contributed by atoms with van der Waals surface area (Å²) in [5.74, 6) is 4.63. The van der Waals surface area contributed by atoms with Crippen LogP contribution in [0.25, 0.3) is 22.3 Å². The van der Waals surface area contributed by atoms with Gasteiger partial charge in [-0.2, -0.15) is 19.9 Å². The number of rotatable bonds is 29. The summed E-state index contributed by atoms with van der Waals surface area (Å²) in [5, 5.41) is 26.3. The monoisotopic (exact) mass is 1050 g/mol. The summed E-state index contributed by atoms with van der Waals surface area (Å²) in [6.45, 7) is 3.68. The van der Waals surface area contributed by atoms with Crippen molar-refractivity contribution in [2.24, 2.45) is 0 Å². The number of methoxy groups -OCH3 is 2. The van der Waals surface area contributed by atoms with Gasteiger partial charge in [0.2, 0.25) is 23.7 Å². The summed E-state index contributed by atoms with van der Waals surface area (Å²) < 4.78 is 59.0. The van der Waals surface area contributed by atoms with Gasteiger partial charge >= 0.3 is 15.2 Å². The number of hydrogen-bond donors (Lipinski definition) is 7. The van der Waals surface area contributed by atoms with Crippen LogP contribution >= 0.6 is 36.8 Å². The van der Waals surface area contributed by atoms with Crippen molar-refractivity contribution >= 4 is 112 Å². The van der Waals surface area contributed by atoms with Crippen LogP contribution < -0.4 is 20.9 Å². The summed E-state index contributed by atoms with van der Waals surface area (Å²) in [4.78, 5) is 41.8. The molecule has 0 radical (unpaired) electrons.